The summed E-state index contributed by atoms with van der Waals surface area (Å²) in [5, 5.41) is 3.71. The van der Waals surface area contributed by atoms with Gasteiger partial charge in [0.15, 0.2) is 0 Å². The van der Waals surface area contributed by atoms with E-state index < -0.39 is 0 Å². The molecule has 0 spiro atoms. The Morgan fingerprint density at radius 1 is 1.36 bits per heavy atom. The molecule has 3 atom stereocenters. The average Bonchev–Trinajstić information content (AvgIpc) is 2.91. The summed E-state index contributed by atoms with van der Waals surface area (Å²) in [6.07, 6.45) is 5.87. The highest BCUT2D eigenvalue weighted by molar-refractivity contribution is 4.93. The van der Waals surface area contributed by atoms with E-state index in [1.54, 1.807) is 0 Å². The van der Waals surface area contributed by atoms with Crippen LogP contribution in [-0.2, 0) is 4.74 Å². The standard InChI is InChI=1S/C12H23NO/c1-3-6-13-12(10-4-5-10)11-7-9(2)14-8-11/h9-13H,3-8H2,1-2H3. The van der Waals surface area contributed by atoms with Crippen LogP contribution in [0, 0.1) is 11.8 Å². The van der Waals surface area contributed by atoms with Crippen LogP contribution >= 0.6 is 0 Å². The van der Waals surface area contributed by atoms with Crippen molar-refractivity contribution in [3.8, 4) is 0 Å². The Kier molecular flexibility index (Phi) is 3.45. The van der Waals surface area contributed by atoms with Crippen molar-refractivity contribution in [3.63, 3.8) is 0 Å². The second kappa shape index (κ2) is 4.63. The van der Waals surface area contributed by atoms with Gasteiger partial charge in [-0.15, -0.1) is 0 Å². The van der Waals surface area contributed by atoms with Crippen LogP contribution in [0.15, 0.2) is 0 Å². The number of ether oxygens (including phenoxy) is 1. The first-order valence-corrected chi connectivity index (χ1v) is 6.16. The van der Waals surface area contributed by atoms with Crippen LogP contribution in [-0.4, -0.2) is 25.3 Å². The molecule has 2 rings (SSSR count). The molecular weight excluding hydrogens is 174 g/mol. The summed E-state index contributed by atoms with van der Waals surface area (Å²) in [4.78, 5) is 0. The van der Waals surface area contributed by atoms with Gasteiger partial charge in [-0.05, 0) is 45.1 Å². The van der Waals surface area contributed by atoms with Gasteiger partial charge in [-0.3, -0.25) is 0 Å². The Morgan fingerprint density at radius 2 is 2.14 bits per heavy atom. The Balaban J connectivity index is 1.83. The van der Waals surface area contributed by atoms with Crippen LogP contribution in [0.5, 0.6) is 0 Å². The third-order valence-corrected chi connectivity index (χ3v) is 3.50. The molecule has 1 aliphatic carbocycles. The lowest BCUT2D eigenvalue weighted by Crippen LogP contribution is -2.39. The molecule has 1 heterocycles. The summed E-state index contributed by atoms with van der Waals surface area (Å²) in [6.45, 7) is 6.60. The minimum absolute atomic E-state index is 0.490. The summed E-state index contributed by atoms with van der Waals surface area (Å²) in [5.41, 5.74) is 0. The van der Waals surface area contributed by atoms with Crippen molar-refractivity contribution in [1.29, 1.82) is 0 Å². The lowest BCUT2D eigenvalue weighted by atomic mass is 9.93. The quantitative estimate of drug-likeness (QED) is 0.729. The van der Waals surface area contributed by atoms with Crippen LogP contribution in [0.2, 0.25) is 0 Å². The van der Waals surface area contributed by atoms with Crippen LogP contribution in [0.25, 0.3) is 0 Å². The molecule has 82 valence electrons. The molecule has 0 aromatic rings. The van der Waals surface area contributed by atoms with Gasteiger partial charge in [0.25, 0.3) is 0 Å². The van der Waals surface area contributed by atoms with E-state index in [4.69, 9.17) is 4.74 Å². The molecule has 14 heavy (non-hydrogen) atoms. The fraction of sp³-hybridized carbons (Fsp3) is 1.00. The number of rotatable bonds is 5. The van der Waals surface area contributed by atoms with Crippen LogP contribution in [0.3, 0.4) is 0 Å². The smallest absolute Gasteiger partial charge is 0.0551 e. The maximum absolute atomic E-state index is 5.66. The fourth-order valence-electron chi connectivity index (χ4n) is 2.59. The Bertz CT molecular complexity index is 179. The molecule has 2 heteroatoms. The largest absolute Gasteiger partial charge is 0.378 e. The zero-order chi connectivity index (χ0) is 9.97. The van der Waals surface area contributed by atoms with Crippen molar-refractivity contribution in [3.05, 3.63) is 0 Å². The van der Waals surface area contributed by atoms with E-state index in [0.29, 0.717) is 6.10 Å². The first kappa shape index (κ1) is 10.4. The Labute approximate surface area is 87.4 Å². The number of hydrogen-bond donors (Lipinski definition) is 1. The predicted octanol–water partition coefficient (Wildman–Crippen LogP) is 2.19. The zero-order valence-electron chi connectivity index (χ0n) is 9.46. The molecule has 1 saturated heterocycles. The summed E-state index contributed by atoms with van der Waals surface area (Å²) >= 11 is 0. The van der Waals surface area contributed by atoms with E-state index in [1.807, 2.05) is 0 Å². The second-order valence-electron chi connectivity index (χ2n) is 4.96. The van der Waals surface area contributed by atoms with Gasteiger partial charge >= 0.3 is 0 Å². The normalized spacial score (nSPS) is 34.7. The summed E-state index contributed by atoms with van der Waals surface area (Å²) < 4.78 is 5.66. The van der Waals surface area contributed by atoms with Crippen molar-refractivity contribution >= 4 is 0 Å². The lowest BCUT2D eigenvalue weighted by Gasteiger charge is -2.23. The van der Waals surface area contributed by atoms with Crippen molar-refractivity contribution in [2.24, 2.45) is 11.8 Å². The van der Waals surface area contributed by atoms with Gasteiger partial charge in [-0.25, -0.2) is 0 Å². The highest BCUT2D eigenvalue weighted by Crippen LogP contribution is 2.39. The summed E-state index contributed by atoms with van der Waals surface area (Å²) in [5.74, 6) is 1.74. The SMILES string of the molecule is CCCNC(C1CC1)C1COC(C)C1. The monoisotopic (exact) mass is 197 g/mol. The third-order valence-electron chi connectivity index (χ3n) is 3.50. The van der Waals surface area contributed by atoms with Gasteiger partial charge in [0.05, 0.1) is 12.7 Å². The first-order valence-electron chi connectivity index (χ1n) is 6.16. The topological polar surface area (TPSA) is 21.3 Å². The van der Waals surface area contributed by atoms with E-state index in [2.05, 4.69) is 19.2 Å². The molecule has 2 aliphatic rings. The second-order valence-corrected chi connectivity index (χ2v) is 4.96. The van der Waals surface area contributed by atoms with Gasteiger partial charge < -0.3 is 10.1 Å². The number of nitrogens with one attached hydrogen (secondary N) is 1. The van der Waals surface area contributed by atoms with Gasteiger partial charge in [0.2, 0.25) is 0 Å². The summed E-state index contributed by atoms with van der Waals surface area (Å²) in [6, 6.07) is 0.750. The van der Waals surface area contributed by atoms with E-state index in [-0.39, 0.29) is 0 Å². The molecule has 3 unspecified atom stereocenters. The summed E-state index contributed by atoms with van der Waals surface area (Å²) in [7, 11) is 0. The lowest BCUT2D eigenvalue weighted by molar-refractivity contribution is 0.116. The van der Waals surface area contributed by atoms with Gasteiger partial charge in [-0.2, -0.15) is 0 Å². The molecule has 0 amide bonds. The molecule has 0 aromatic heterocycles. The average molecular weight is 197 g/mol. The van der Waals surface area contributed by atoms with Crippen molar-refractivity contribution < 1.29 is 4.74 Å². The third kappa shape index (κ3) is 2.48. The van der Waals surface area contributed by atoms with E-state index >= 15 is 0 Å². The molecule has 0 radical (unpaired) electrons. The van der Waals surface area contributed by atoms with Crippen molar-refractivity contribution in [1.82, 2.24) is 5.32 Å². The van der Waals surface area contributed by atoms with Crippen LogP contribution in [0.1, 0.15) is 39.5 Å². The molecule has 1 N–H and O–H groups in total. The maximum Gasteiger partial charge on any atom is 0.0551 e. The van der Waals surface area contributed by atoms with E-state index in [1.165, 1.54) is 32.2 Å². The van der Waals surface area contributed by atoms with E-state index in [0.717, 1.165) is 24.5 Å². The Morgan fingerprint density at radius 3 is 2.64 bits per heavy atom. The number of hydrogen-bond acceptors (Lipinski definition) is 2. The first-order chi connectivity index (χ1) is 6.81. The zero-order valence-corrected chi connectivity index (χ0v) is 9.46. The highest BCUT2D eigenvalue weighted by Gasteiger charge is 2.38. The van der Waals surface area contributed by atoms with Gasteiger partial charge in [0, 0.05) is 12.0 Å². The molecule has 1 saturated carbocycles. The fourth-order valence-corrected chi connectivity index (χ4v) is 2.59. The van der Waals surface area contributed by atoms with E-state index in [9.17, 15) is 0 Å². The molecular formula is C12H23NO. The van der Waals surface area contributed by atoms with Crippen LogP contribution < -0.4 is 5.32 Å². The molecule has 1 aliphatic heterocycles. The van der Waals surface area contributed by atoms with Crippen LogP contribution in [0.4, 0.5) is 0 Å². The molecule has 2 fully saturated rings. The predicted molar refractivity (Wildman–Crippen MR) is 58.3 cm³/mol. The van der Waals surface area contributed by atoms with Crippen molar-refractivity contribution in [2.45, 2.75) is 51.7 Å². The highest BCUT2D eigenvalue weighted by atomic mass is 16.5. The minimum atomic E-state index is 0.490. The molecule has 0 bridgehead atoms. The maximum atomic E-state index is 5.66. The molecule has 2 nitrogen and oxygen atoms in total. The van der Waals surface area contributed by atoms with Crippen molar-refractivity contribution in [2.75, 3.05) is 13.2 Å². The molecule has 0 aromatic carbocycles. The Hall–Kier alpha value is -0.0800. The minimum Gasteiger partial charge on any atom is -0.378 e. The van der Waals surface area contributed by atoms with Gasteiger partial charge in [0.1, 0.15) is 0 Å². The van der Waals surface area contributed by atoms with Gasteiger partial charge in [-0.1, -0.05) is 6.92 Å².